The Hall–Kier alpha value is -0.870. The zero-order valence-corrected chi connectivity index (χ0v) is 13.5. The monoisotopic (exact) mass is 292 g/mol. The lowest BCUT2D eigenvalue weighted by Crippen LogP contribution is -2.60. The predicted octanol–water partition coefficient (Wildman–Crippen LogP) is 3.11. The highest BCUT2D eigenvalue weighted by molar-refractivity contribution is 5.74. The first-order valence-electron chi connectivity index (χ1n) is 8.05. The van der Waals surface area contributed by atoms with Gasteiger partial charge >= 0.3 is 5.97 Å². The van der Waals surface area contributed by atoms with E-state index in [4.69, 9.17) is 4.74 Å². The Morgan fingerprint density at radius 3 is 2.19 bits per heavy atom. The van der Waals surface area contributed by atoms with Crippen LogP contribution in [-0.2, 0) is 14.7 Å². The Morgan fingerprint density at radius 2 is 1.71 bits per heavy atom. The highest BCUT2D eigenvalue weighted by Gasteiger charge is 2.48. The van der Waals surface area contributed by atoms with E-state index in [-0.39, 0.29) is 18.0 Å². The molecular formula is C17H26NO3. The van der Waals surface area contributed by atoms with Crippen LogP contribution in [0.2, 0.25) is 0 Å². The van der Waals surface area contributed by atoms with Crippen molar-refractivity contribution in [2.45, 2.75) is 70.6 Å². The van der Waals surface area contributed by atoms with Gasteiger partial charge < -0.3 is 4.74 Å². The van der Waals surface area contributed by atoms with Crippen molar-refractivity contribution in [3.63, 3.8) is 0 Å². The summed E-state index contributed by atoms with van der Waals surface area (Å²) in [4.78, 5) is 12.5. The molecule has 0 aromatic carbocycles. The minimum Gasteiger partial charge on any atom is -0.462 e. The Bertz CT molecular complexity index is 451. The minimum absolute atomic E-state index is 0.0384. The van der Waals surface area contributed by atoms with Crippen molar-refractivity contribution in [1.29, 1.82) is 0 Å². The topological polar surface area (TPSA) is 49.4 Å². The van der Waals surface area contributed by atoms with Crippen molar-refractivity contribution in [2.75, 3.05) is 0 Å². The summed E-state index contributed by atoms with van der Waals surface area (Å²) in [6, 6.07) is 0. The molecule has 0 amide bonds. The predicted molar refractivity (Wildman–Crippen MR) is 78.6 cm³/mol. The van der Waals surface area contributed by atoms with Crippen LogP contribution in [0.15, 0.2) is 12.2 Å². The fourth-order valence-electron chi connectivity index (χ4n) is 4.56. The number of piperidine rings is 1. The average Bonchev–Trinajstić information content (AvgIpc) is 2.97. The molecule has 0 unspecified atom stereocenters. The maximum Gasteiger partial charge on any atom is 0.309 e. The van der Waals surface area contributed by atoms with Gasteiger partial charge in [-0.2, -0.15) is 0 Å². The van der Waals surface area contributed by atoms with Crippen molar-refractivity contribution in [2.24, 2.45) is 17.8 Å². The maximum atomic E-state index is 12.5. The molecule has 2 aliphatic carbocycles. The first kappa shape index (κ1) is 15.0. The third-order valence-electron chi connectivity index (χ3n) is 5.42. The zero-order chi connectivity index (χ0) is 15.4. The number of nitrogens with zero attached hydrogens (tertiary/aromatic N) is 1. The van der Waals surface area contributed by atoms with E-state index in [1.165, 1.54) is 5.06 Å². The Kier molecular flexibility index (Phi) is 3.45. The van der Waals surface area contributed by atoms with E-state index in [0.717, 1.165) is 12.8 Å². The molecule has 3 aliphatic rings. The third-order valence-corrected chi connectivity index (χ3v) is 5.42. The number of fused-ring (bicyclic) bond motifs is 2. The number of allylic oxidation sites excluding steroid dienone is 2. The van der Waals surface area contributed by atoms with Gasteiger partial charge in [-0.25, -0.2) is 0 Å². The molecule has 0 N–H and O–H groups in total. The SMILES string of the molecule is CC1(C)CC(OC(=O)[C@@H]2C[C@@H]3C=C[C@H]2C3)CC(C)(C)N1[O]. The quantitative estimate of drug-likeness (QED) is 0.580. The van der Waals surface area contributed by atoms with E-state index in [1.807, 2.05) is 27.7 Å². The van der Waals surface area contributed by atoms with Gasteiger partial charge in [0.25, 0.3) is 0 Å². The third kappa shape index (κ3) is 2.64. The largest absolute Gasteiger partial charge is 0.462 e. The summed E-state index contributed by atoms with van der Waals surface area (Å²) in [7, 11) is 0. The second-order valence-electron chi connectivity index (χ2n) is 8.27. The normalized spacial score (nSPS) is 37.9. The lowest BCUT2D eigenvalue weighted by atomic mass is 9.80. The van der Waals surface area contributed by atoms with E-state index in [0.29, 0.717) is 24.7 Å². The van der Waals surface area contributed by atoms with Crippen LogP contribution in [0.4, 0.5) is 0 Å². The van der Waals surface area contributed by atoms with Crippen LogP contribution in [0.3, 0.4) is 0 Å². The molecule has 1 saturated heterocycles. The van der Waals surface area contributed by atoms with Gasteiger partial charge in [-0.3, -0.25) is 4.79 Å². The maximum absolute atomic E-state index is 12.5. The molecule has 2 fully saturated rings. The van der Waals surface area contributed by atoms with Crippen molar-refractivity contribution in [3.8, 4) is 0 Å². The van der Waals surface area contributed by atoms with Gasteiger partial charge in [-0.05, 0) is 52.4 Å². The molecule has 21 heavy (non-hydrogen) atoms. The Labute approximate surface area is 127 Å². The van der Waals surface area contributed by atoms with Crippen LogP contribution in [0.25, 0.3) is 0 Å². The van der Waals surface area contributed by atoms with Crippen LogP contribution in [0.1, 0.15) is 53.4 Å². The Morgan fingerprint density at radius 1 is 1.10 bits per heavy atom. The van der Waals surface area contributed by atoms with Crippen LogP contribution in [-0.4, -0.2) is 28.2 Å². The first-order chi connectivity index (χ1) is 9.69. The molecule has 0 spiro atoms. The van der Waals surface area contributed by atoms with E-state index in [9.17, 15) is 10.0 Å². The number of ether oxygens (including phenoxy) is 1. The molecule has 117 valence electrons. The highest BCUT2D eigenvalue weighted by atomic mass is 16.5. The molecule has 4 heteroatoms. The highest BCUT2D eigenvalue weighted by Crippen LogP contribution is 2.45. The summed E-state index contributed by atoms with van der Waals surface area (Å²) in [5.74, 6) is 0.936. The molecule has 1 heterocycles. The van der Waals surface area contributed by atoms with Gasteiger partial charge in [0, 0.05) is 23.9 Å². The summed E-state index contributed by atoms with van der Waals surface area (Å²) >= 11 is 0. The van der Waals surface area contributed by atoms with E-state index < -0.39 is 11.1 Å². The van der Waals surface area contributed by atoms with E-state index in [2.05, 4.69) is 12.2 Å². The molecule has 0 aromatic rings. The summed E-state index contributed by atoms with van der Waals surface area (Å²) in [5, 5.41) is 13.5. The Balaban J connectivity index is 1.65. The summed E-state index contributed by atoms with van der Waals surface area (Å²) < 4.78 is 5.81. The first-order valence-corrected chi connectivity index (χ1v) is 8.05. The molecular weight excluding hydrogens is 266 g/mol. The molecule has 1 aliphatic heterocycles. The van der Waals surface area contributed by atoms with Gasteiger partial charge in [0.05, 0.1) is 5.92 Å². The summed E-state index contributed by atoms with van der Waals surface area (Å²) in [5.41, 5.74) is -0.970. The molecule has 2 bridgehead atoms. The minimum atomic E-state index is -0.485. The van der Waals surface area contributed by atoms with Crippen molar-refractivity contribution >= 4 is 5.97 Å². The van der Waals surface area contributed by atoms with E-state index in [1.54, 1.807) is 0 Å². The summed E-state index contributed by atoms with van der Waals surface area (Å²) in [6.07, 6.45) is 7.54. The number of hydroxylamine groups is 2. The molecule has 4 nitrogen and oxygen atoms in total. The number of carbonyl (C=O) groups is 1. The van der Waals surface area contributed by atoms with Gasteiger partial charge in [0.2, 0.25) is 0 Å². The van der Waals surface area contributed by atoms with Crippen LogP contribution in [0.5, 0.6) is 0 Å². The van der Waals surface area contributed by atoms with Gasteiger partial charge in [-0.15, -0.1) is 10.3 Å². The zero-order valence-electron chi connectivity index (χ0n) is 13.5. The van der Waals surface area contributed by atoms with Gasteiger partial charge in [0.15, 0.2) is 0 Å². The number of esters is 1. The molecule has 3 rings (SSSR count). The molecule has 1 saturated carbocycles. The van der Waals surface area contributed by atoms with Crippen molar-refractivity contribution < 1.29 is 14.7 Å². The molecule has 0 aromatic heterocycles. The van der Waals surface area contributed by atoms with Gasteiger partial charge in [0.1, 0.15) is 6.10 Å². The smallest absolute Gasteiger partial charge is 0.309 e. The number of carbonyl (C=O) groups excluding carboxylic acids is 1. The van der Waals surface area contributed by atoms with Crippen LogP contribution in [0, 0.1) is 17.8 Å². The summed E-state index contributed by atoms with van der Waals surface area (Å²) in [6.45, 7) is 7.73. The molecule has 1 radical (unpaired) electrons. The fraction of sp³-hybridized carbons (Fsp3) is 0.824. The second kappa shape index (κ2) is 4.82. The van der Waals surface area contributed by atoms with E-state index >= 15 is 0 Å². The van der Waals surface area contributed by atoms with Crippen LogP contribution >= 0.6 is 0 Å². The lowest BCUT2D eigenvalue weighted by Gasteiger charge is -2.49. The van der Waals surface area contributed by atoms with Crippen molar-refractivity contribution in [1.82, 2.24) is 5.06 Å². The standard InChI is InChI=1S/C17H26NO3/c1-16(2)9-13(10-17(3,4)18(16)20)21-15(19)14-8-11-5-6-12(14)7-11/h5-6,11-14H,7-10H2,1-4H3/t11-,12+,14-/m1/s1. The average molecular weight is 292 g/mol. The molecule has 3 atom stereocenters. The fourth-order valence-corrected chi connectivity index (χ4v) is 4.56. The van der Waals surface area contributed by atoms with Gasteiger partial charge in [-0.1, -0.05) is 12.2 Å². The second-order valence-corrected chi connectivity index (χ2v) is 8.27. The number of hydrogen-bond donors (Lipinski definition) is 0. The number of rotatable bonds is 2. The van der Waals surface area contributed by atoms with Crippen molar-refractivity contribution in [3.05, 3.63) is 12.2 Å². The van der Waals surface area contributed by atoms with Crippen LogP contribution < -0.4 is 0 Å². The number of hydrogen-bond acceptors (Lipinski definition) is 3. The lowest BCUT2D eigenvalue weighted by molar-refractivity contribution is -0.299.